The Balaban J connectivity index is 1.59. The number of amides is 1. The van der Waals surface area contributed by atoms with Gasteiger partial charge in [-0.3, -0.25) is 4.79 Å². The minimum Gasteiger partial charge on any atom is -0.333 e. The number of hydrogen-bond acceptors (Lipinski definition) is 1. The fraction of sp³-hybridized carbons (Fsp3) is 0.824. The molecule has 1 heterocycles. The van der Waals surface area contributed by atoms with E-state index >= 15 is 0 Å². The Labute approximate surface area is 116 Å². The van der Waals surface area contributed by atoms with Crippen LogP contribution in [0.3, 0.4) is 0 Å². The van der Waals surface area contributed by atoms with E-state index in [4.69, 9.17) is 0 Å². The van der Waals surface area contributed by atoms with Crippen LogP contribution in [0.15, 0.2) is 11.8 Å². The molecule has 104 valence electrons. The molecule has 3 saturated carbocycles. The average Bonchev–Trinajstić information content (AvgIpc) is 2.83. The molecular formula is C17H25NO. The Morgan fingerprint density at radius 3 is 2.79 bits per heavy atom. The summed E-state index contributed by atoms with van der Waals surface area (Å²) in [6.45, 7) is 0. The molecule has 3 aliphatic carbocycles. The van der Waals surface area contributed by atoms with Crippen LogP contribution in [-0.4, -0.2) is 5.91 Å². The van der Waals surface area contributed by atoms with Crippen LogP contribution in [0.1, 0.15) is 57.8 Å². The van der Waals surface area contributed by atoms with Crippen LogP contribution in [0.4, 0.5) is 0 Å². The Kier molecular flexibility index (Phi) is 2.93. The van der Waals surface area contributed by atoms with E-state index in [1.807, 2.05) is 0 Å². The van der Waals surface area contributed by atoms with Crippen molar-refractivity contribution >= 4 is 5.91 Å². The van der Waals surface area contributed by atoms with Crippen LogP contribution in [-0.2, 0) is 4.79 Å². The number of nitrogens with one attached hydrogen (secondary N) is 1. The first-order valence-electron chi connectivity index (χ1n) is 8.31. The zero-order valence-electron chi connectivity index (χ0n) is 11.7. The maximum absolute atomic E-state index is 11.6. The van der Waals surface area contributed by atoms with Crippen molar-refractivity contribution < 1.29 is 4.79 Å². The highest BCUT2D eigenvalue weighted by Gasteiger charge is 2.46. The highest BCUT2D eigenvalue weighted by molar-refractivity contribution is 5.77. The largest absolute Gasteiger partial charge is 0.333 e. The molecule has 0 radical (unpaired) electrons. The molecular weight excluding hydrogens is 234 g/mol. The Morgan fingerprint density at radius 1 is 0.895 bits per heavy atom. The van der Waals surface area contributed by atoms with Crippen molar-refractivity contribution in [1.29, 1.82) is 0 Å². The summed E-state index contributed by atoms with van der Waals surface area (Å²) >= 11 is 0. The number of hydrogen-bond donors (Lipinski definition) is 1. The summed E-state index contributed by atoms with van der Waals surface area (Å²) in [4.78, 5) is 11.6. The first-order chi connectivity index (χ1) is 9.33. The van der Waals surface area contributed by atoms with Gasteiger partial charge in [0.2, 0.25) is 5.91 Å². The number of allylic oxidation sites excluding steroid dienone is 1. The van der Waals surface area contributed by atoms with Gasteiger partial charge in [0.25, 0.3) is 0 Å². The first kappa shape index (κ1) is 12.0. The van der Waals surface area contributed by atoms with Crippen LogP contribution in [0.25, 0.3) is 0 Å². The highest BCUT2D eigenvalue weighted by Crippen LogP contribution is 2.56. The molecule has 2 nitrogen and oxygen atoms in total. The summed E-state index contributed by atoms with van der Waals surface area (Å²) in [5, 5.41) is 2.98. The lowest BCUT2D eigenvalue weighted by Gasteiger charge is -2.48. The second-order valence-corrected chi connectivity index (χ2v) is 7.23. The lowest BCUT2D eigenvalue weighted by Crippen LogP contribution is -2.39. The quantitative estimate of drug-likeness (QED) is 0.707. The molecule has 0 spiro atoms. The predicted octanol–water partition coefficient (Wildman–Crippen LogP) is 3.63. The number of rotatable bonds is 0. The Bertz CT molecular complexity index is 413. The molecule has 0 bridgehead atoms. The fourth-order valence-corrected chi connectivity index (χ4v) is 5.76. The predicted molar refractivity (Wildman–Crippen MR) is 75.2 cm³/mol. The van der Waals surface area contributed by atoms with Crippen LogP contribution in [0, 0.1) is 29.6 Å². The van der Waals surface area contributed by atoms with E-state index in [9.17, 15) is 4.79 Å². The molecule has 3 fully saturated rings. The normalized spacial score (nSPS) is 45.4. The first-order valence-corrected chi connectivity index (χ1v) is 8.31. The summed E-state index contributed by atoms with van der Waals surface area (Å²) in [5.74, 6) is 4.92. The molecule has 0 aromatic rings. The van der Waals surface area contributed by atoms with Crippen LogP contribution in [0.2, 0.25) is 0 Å². The van der Waals surface area contributed by atoms with Gasteiger partial charge in [-0.1, -0.05) is 18.4 Å². The molecule has 4 rings (SSSR count). The van der Waals surface area contributed by atoms with E-state index < -0.39 is 0 Å². The van der Waals surface area contributed by atoms with E-state index in [1.54, 1.807) is 5.57 Å². The van der Waals surface area contributed by atoms with Crippen LogP contribution < -0.4 is 5.32 Å². The van der Waals surface area contributed by atoms with Gasteiger partial charge in [-0.25, -0.2) is 0 Å². The summed E-state index contributed by atoms with van der Waals surface area (Å²) < 4.78 is 0. The van der Waals surface area contributed by atoms with Crippen molar-refractivity contribution in [2.45, 2.75) is 57.8 Å². The monoisotopic (exact) mass is 259 g/mol. The van der Waals surface area contributed by atoms with Gasteiger partial charge < -0.3 is 5.32 Å². The topological polar surface area (TPSA) is 29.1 Å². The van der Waals surface area contributed by atoms with Crippen molar-refractivity contribution in [3.8, 4) is 0 Å². The van der Waals surface area contributed by atoms with Gasteiger partial charge in [-0.05, 0) is 68.1 Å². The minimum absolute atomic E-state index is 0.230. The molecule has 19 heavy (non-hydrogen) atoms. The van der Waals surface area contributed by atoms with Crippen molar-refractivity contribution in [2.24, 2.45) is 29.6 Å². The van der Waals surface area contributed by atoms with Gasteiger partial charge in [0.1, 0.15) is 0 Å². The standard InChI is InChI=1S/C17H25NO/c19-17-9-8-14-12(10-18-17)5-7-15-13-3-1-2-11(13)4-6-16(14)15/h10-11,13-16H,1-9H2,(H,18,19). The lowest BCUT2D eigenvalue weighted by molar-refractivity contribution is -0.120. The number of carbonyl (C=O) groups excluding carboxylic acids is 1. The Morgan fingerprint density at radius 2 is 1.84 bits per heavy atom. The number of carbonyl (C=O) groups is 1. The zero-order chi connectivity index (χ0) is 12.8. The molecule has 1 N–H and O–H groups in total. The zero-order valence-corrected chi connectivity index (χ0v) is 11.7. The van der Waals surface area contributed by atoms with Gasteiger partial charge in [0.15, 0.2) is 0 Å². The van der Waals surface area contributed by atoms with Crippen LogP contribution in [0.5, 0.6) is 0 Å². The molecule has 1 amide bonds. The van der Waals surface area contributed by atoms with Gasteiger partial charge in [0.05, 0.1) is 0 Å². The number of fused-ring (bicyclic) bond motifs is 5. The fourth-order valence-electron chi connectivity index (χ4n) is 5.76. The smallest absolute Gasteiger partial charge is 0.223 e. The summed E-state index contributed by atoms with van der Waals surface area (Å²) in [7, 11) is 0. The van der Waals surface area contributed by atoms with Gasteiger partial charge in [0, 0.05) is 12.6 Å². The van der Waals surface area contributed by atoms with Crippen LogP contribution >= 0.6 is 0 Å². The third-order valence-corrected chi connectivity index (χ3v) is 6.55. The highest BCUT2D eigenvalue weighted by atomic mass is 16.1. The van der Waals surface area contributed by atoms with Crippen molar-refractivity contribution in [3.05, 3.63) is 11.8 Å². The van der Waals surface area contributed by atoms with Gasteiger partial charge in [-0.2, -0.15) is 0 Å². The third-order valence-electron chi connectivity index (χ3n) is 6.55. The molecule has 0 saturated heterocycles. The van der Waals surface area contributed by atoms with Crippen molar-refractivity contribution in [2.75, 3.05) is 0 Å². The van der Waals surface area contributed by atoms with Crippen molar-refractivity contribution in [3.63, 3.8) is 0 Å². The molecule has 0 aromatic carbocycles. The van der Waals surface area contributed by atoms with E-state index in [0.29, 0.717) is 0 Å². The lowest BCUT2D eigenvalue weighted by atomic mass is 9.57. The van der Waals surface area contributed by atoms with E-state index in [0.717, 1.165) is 42.4 Å². The summed E-state index contributed by atoms with van der Waals surface area (Å²) in [6.07, 6.45) is 13.9. The van der Waals surface area contributed by atoms with Crippen molar-refractivity contribution in [1.82, 2.24) is 5.32 Å². The second-order valence-electron chi connectivity index (χ2n) is 7.23. The molecule has 0 aromatic heterocycles. The van der Waals surface area contributed by atoms with E-state index in [-0.39, 0.29) is 5.91 Å². The van der Waals surface area contributed by atoms with Gasteiger partial charge in [-0.15, -0.1) is 0 Å². The SMILES string of the molecule is O=C1CCC2C(=CN1)CCC1C3CCCC3CCC21. The van der Waals surface area contributed by atoms with E-state index in [2.05, 4.69) is 11.5 Å². The third kappa shape index (κ3) is 1.95. The average molecular weight is 259 g/mol. The molecule has 1 aliphatic heterocycles. The molecule has 5 unspecified atom stereocenters. The maximum Gasteiger partial charge on any atom is 0.223 e. The molecule has 4 aliphatic rings. The second kappa shape index (κ2) is 4.64. The molecule has 5 atom stereocenters. The Hall–Kier alpha value is -0.790. The summed E-state index contributed by atoms with van der Waals surface area (Å²) in [6, 6.07) is 0. The van der Waals surface area contributed by atoms with Gasteiger partial charge >= 0.3 is 0 Å². The minimum atomic E-state index is 0.230. The molecule has 2 heteroatoms. The van der Waals surface area contributed by atoms with E-state index in [1.165, 1.54) is 44.9 Å². The summed E-state index contributed by atoms with van der Waals surface area (Å²) in [5.41, 5.74) is 1.56. The maximum atomic E-state index is 11.6.